The molecule has 0 aliphatic carbocycles. The van der Waals surface area contributed by atoms with E-state index in [1.807, 2.05) is 24.3 Å². The second-order valence-corrected chi connectivity index (χ2v) is 4.04. The number of aryl methyl sites for hydroxylation is 1. The molecule has 0 saturated carbocycles. The molecule has 4 nitrogen and oxygen atoms in total. The van der Waals surface area contributed by atoms with E-state index >= 15 is 0 Å². The lowest BCUT2D eigenvalue weighted by Gasteiger charge is -2.07. The number of ether oxygens (including phenoxy) is 2. The second kappa shape index (κ2) is 8.66. The molecule has 100 valence electrons. The summed E-state index contributed by atoms with van der Waals surface area (Å²) < 4.78 is 9.95. The summed E-state index contributed by atoms with van der Waals surface area (Å²) in [6.45, 7) is 3.13. The summed E-state index contributed by atoms with van der Waals surface area (Å²) in [5, 5.41) is 2.78. The number of carbonyl (C=O) groups is 1. The molecule has 4 heteroatoms. The summed E-state index contributed by atoms with van der Waals surface area (Å²) in [5.41, 5.74) is 2.09. The van der Waals surface area contributed by atoms with Gasteiger partial charge in [-0.25, -0.2) is 0 Å². The number of anilines is 1. The SMILES string of the molecule is CCCc1ccc(NC(=O)COCCOC)cc1. The minimum absolute atomic E-state index is 0.0556. The molecule has 0 fully saturated rings. The van der Waals surface area contributed by atoms with Crippen LogP contribution in [0.3, 0.4) is 0 Å². The summed E-state index contributed by atoms with van der Waals surface area (Å²) in [5.74, 6) is -0.144. The normalized spacial score (nSPS) is 10.3. The molecular weight excluding hydrogens is 230 g/mol. The number of nitrogens with one attached hydrogen (secondary N) is 1. The molecule has 0 bridgehead atoms. The van der Waals surface area contributed by atoms with Crippen molar-refractivity contribution in [2.24, 2.45) is 0 Å². The summed E-state index contributed by atoms with van der Waals surface area (Å²) in [6, 6.07) is 7.89. The van der Waals surface area contributed by atoms with E-state index in [1.165, 1.54) is 5.56 Å². The highest BCUT2D eigenvalue weighted by Gasteiger charge is 2.02. The highest BCUT2D eigenvalue weighted by molar-refractivity contribution is 5.91. The molecule has 1 aromatic rings. The van der Waals surface area contributed by atoms with Gasteiger partial charge in [-0.15, -0.1) is 0 Å². The van der Waals surface area contributed by atoms with Gasteiger partial charge in [-0.05, 0) is 24.1 Å². The van der Waals surface area contributed by atoms with Gasteiger partial charge in [0.05, 0.1) is 13.2 Å². The Balaban J connectivity index is 2.30. The lowest BCUT2D eigenvalue weighted by atomic mass is 10.1. The molecule has 0 aliphatic heterocycles. The molecule has 0 spiro atoms. The molecule has 0 saturated heterocycles. The fourth-order valence-corrected chi connectivity index (χ4v) is 1.55. The maximum atomic E-state index is 11.5. The van der Waals surface area contributed by atoms with Gasteiger partial charge < -0.3 is 14.8 Å². The predicted octanol–water partition coefficient (Wildman–Crippen LogP) is 2.24. The lowest BCUT2D eigenvalue weighted by Crippen LogP contribution is -2.19. The van der Waals surface area contributed by atoms with Gasteiger partial charge in [-0.3, -0.25) is 4.79 Å². The molecule has 1 N–H and O–H groups in total. The van der Waals surface area contributed by atoms with Gasteiger partial charge in [0.1, 0.15) is 6.61 Å². The minimum Gasteiger partial charge on any atom is -0.382 e. The summed E-state index contributed by atoms with van der Waals surface area (Å²) in [4.78, 5) is 11.5. The number of rotatable bonds is 8. The largest absolute Gasteiger partial charge is 0.382 e. The smallest absolute Gasteiger partial charge is 0.250 e. The van der Waals surface area contributed by atoms with E-state index in [9.17, 15) is 4.79 Å². The molecule has 0 heterocycles. The van der Waals surface area contributed by atoms with Crippen LogP contribution in [0.25, 0.3) is 0 Å². The van der Waals surface area contributed by atoms with Crippen LogP contribution in [0.4, 0.5) is 5.69 Å². The van der Waals surface area contributed by atoms with Gasteiger partial charge in [-0.1, -0.05) is 25.5 Å². The fourth-order valence-electron chi connectivity index (χ4n) is 1.55. The van der Waals surface area contributed by atoms with Crippen molar-refractivity contribution in [2.75, 3.05) is 32.2 Å². The first-order chi connectivity index (χ1) is 8.76. The number of methoxy groups -OCH3 is 1. The Kier molecular flexibility index (Phi) is 7.06. The van der Waals surface area contributed by atoms with Gasteiger partial charge in [0.15, 0.2) is 0 Å². The van der Waals surface area contributed by atoms with Crippen LogP contribution in [0.5, 0.6) is 0 Å². The van der Waals surface area contributed by atoms with E-state index in [2.05, 4.69) is 12.2 Å². The first-order valence-corrected chi connectivity index (χ1v) is 6.21. The first kappa shape index (κ1) is 14.7. The molecule has 0 unspecified atom stereocenters. The van der Waals surface area contributed by atoms with Crippen molar-refractivity contribution in [1.29, 1.82) is 0 Å². The third kappa shape index (κ3) is 5.80. The van der Waals surface area contributed by atoms with Gasteiger partial charge in [0.25, 0.3) is 0 Å². The van der Waals surface area contributed by atoms with Crippen molar-refractivity contribution >= 4 is 11.6 Å². The van der Waals surface area contributed by atoms with E-state index in [4.69, 9.17) is 9.47 Å². The van der Waals surface area contributed by atoms with Crippen LogP contribution < -0.4 is 5.32 Å². The van der Waals surface area contributed by atoms with Gasteiger partial charge in [0.2, 0.25) is 5.91 Å². The summed E-state index contributed by atoms with van der Waals surface area (Å²) in [6.07, 6.45) is 2.19. The van der Waals surface area contributed by atoms with E-state index in [1.54, 1.807) is 7.11 Å². The van der Waals surface area contributed by atoms with Gasteiger partial charge in [-0.2, -0.15) is 0 Å². The van der Waals surface area contributed by atoms with Crippen LogP contribution in [0, 0.1) is 0 Å². The van der Waals surface area contributed by atoms with Crippen molar-refractivity contribution in [2.45, 2.75) is 19.8 Å². The number of benzene rings is 1. The maximum absolute atomic E-state index is 11.5. The number of hydrogen-bond acceptors (Lipinski definition) is 3. The predicted molar refractivity (Wildman–Crippen MR) is 71.8 cm³/mol. The molecule has 1 rings (SSSR count). The second-order valence-electron chi connectivity index (χ2n) is 4.04. The van der Waals surface area contributed by atoms with Crippen molar-refractivity contribution in [3.63, 3.8) is 0 Å². The average Bonchev–Trinajstić information content (AvgIpc) is 2.37. The van der Waals surface area contributed by atoms with Gasteiger partial charge in [0, 0.05) is 12.8 Å². The highest BCUT2D eigenvalue weighted by Crippen LogP contribution is 2.10. The van der Waals surface area contributed by atoms with Crippen LogP contribution in [0.1, 0.15) is 18.9 Å². The summed E-state index contributed by atoms with van der Waals surface area (Å²) in [7, 11) is 1.60. The third-order valence-corrected chi connectivity index (χ3v) is 2.44. The molecule has 18 heavy (non-hydrogen) atoms. The zero-order chi connectivity index (χ0) is 13.2. The first-order valence-electron chi connectivity index (χ1n) is 6.21. The van der Waals surface area contributed by atoms with E-state index in [0.717, 1.165) is 18.5 Å². The Morgan fingerprint density at radius 1 is 1.22 bits per heavy atom. The Morgan fingerprint density at radius 3 is 2.56 bits per heavy atom. The van der Waals surface area contributed by atoms with Gasteiger partial charge >= 0.3 is 0 Å². The Morgan fingerprint density at radius 2 is 1.94 bits per heavy atom. The van der Waals surface area contributed by atoms with Crippen molar-refractivity contribution in [1.82, 2.24) is 0 Å². The van der Waals surface area contributed by atoms with Crippen molar-refractivity contribution < 1.29 is 14.3 Å². The minimum atomic E-state index is -0.144. The number of carbonyl (C=O) groups excluding carboxylic acids is 1. The molecular formula is C14H21NO3. The topological polar surface area (TPSA) is 47.6 Å². The number of amides is 1. The molecule has 0 aromatic heterocycles. The van der Waals surface area contributed by atoms with Crippen LogP contribution in [-0.2, 0) is 20.7 Å². The quantitative estimate of drug-likeness (QED) is 0.721. The molecule has 1 amide bonds. The molecule has 0 aliphatic rings. The zero-order valence-corrected chi connectivity index (χ0v) is 11.1. The highest BCUT2D eigenvalue weighted by atomic mass is 16.5. The zero-order valence-electron chi connectivity index (χ0n) is 11.1. The molecule has 0 radical (unpaired) electrons. The average molecular weight is 251 g/mol. The number of hydrogen-bond donors (Lipinski definition) is 1. The van der Waals surface area contributed by atoms with Crippen LogP contribution >= 0.6 is 0 Å². The summed E-state index contributed by atoms with van der Waals surface area (Å²) >= 11 is 0. The van der Waals surface area contributed by atoms with Crippen LogP contribution in [0.15, 0.2) is 24.3 Å². The van der Waals surface area contributed by atoms with Crippen molar-refractivity contribution in [3.05, 3.63) is 29.8 Å². The van der Waals surface area contributed by atoms with Crippen LogP contribution in [-0.4, -0.2) is 32.8 Å². The van der Waals surface area contributed by atoms with E-state index in [-0.39, 0.29) is 12.5 Å². The van der Waals surface area contributed by atoms with E-state index < -0.39 is 0 Å². The molecule has 0 atom stereocenters. The molecule has 1 aromatic carbocycles. The lowest BCUT2D eigenvalue weighted by molar-refractivity contribution is -0.121. The maximum Gasteiger partial charge on any atom is 0.250 e. The third-order valence-electron chi connectivity index (χ3n) is 2.44. The van der Waals surface area contributed by atoms with Crippen LogP contribution in [0.2, 0.25) is 0 Å². The Bertz CT molecular complexity index is 349. The monoisotopic (exact) mass is 251 g/mol. The Labute approximate surface area is 108 Å². The van der Waals surface area contributed by atoms with E-state index in [0.29, 0.717) is 13.2 Å². The van der Waals surface area contributed by atoms with Crippen molar-refractivity contribution in [3.8, 4) is 0 Å². The Hall–Kier alpha value is -1.39. The standard InChI is InChI=1S/C14H21NO3/c1-3-4-12-5-7-13(8-6-12)15-14(16)11-18-10-9-17-2/h5-8H,3-4,9-11H2,1-2H3,(H,15,16). The fraction of sp³-hybridized carbons (Fsp3) is 0.500.